The van der Waals surface area contributed by atoms with Crippen LogP contribution in [0.1, 0.15) is 24.0 Å². The number of anilines is 1. The summed E-state index contributed by atoms with van der Waals surface area (Å²) < 4.78 is 12.8. The smallest absolute Gasteiger partial charge is 0.253 e. The first-order valence-electron chi connectivity index (χ1n) is 12.4. The van der Waals surface area contributed by atoms with E-state index in [1.165, 1.54) is 6.07 Å². The highest BCUT2D eigenvalue weighted by Crippen LogP contribution is 2.36. The lowest BCUT2D eigenvalue weighted by Gasteiger charge is -2.37. The lowest BCUT2D eigenvalue weighted by Crippen LogP contribution is -2.43. The number of H-pyrrole nitrogens is 1. The molecule has 0 radical (unpaired) electrons. The third-order valence-corrected chi connectivity index (χ3v) is 7.32. The maximum atomic E-state index is 13.6. The number of fused-ring (bicyclic) bond motifs is 2. The van der Waals surface area contributed by atoms with Crippen molar-refractivity contribution in [1.29, 1.82) is 0 Å². The van der Waals surface area contributed by atoms with Gasteiger partial charge in [-0.25, -0.2) is 0 Å². The Morgan fingerprint density at radius 1 is 0.946 bits per heavy atom. The molecule has 4 heterocycles. The summed E-state index contributed by atoms with van der Waals surface area (Å²) >= 11 is 6.49. The quantitative estimate of drug-likeness (QED) is 0.403. The molecule has 0 saturated carbocycles. The second kappa shape index (κ2) is 9.95. The highest BCUT2D eigenvalue weighted by molar-refractivity contribution is 6.31. The van der Waals surface area contributed by atoms with Crippen molar-refractivity contribution in [2.24, 2.45) is 0 Å². The Balaban J connectivity index is 1.47. The van der Waals surface area contributed by atoms with Crippen molar-refractivity contribution in [2.45, 2.75) is 32.0 Å². The molecular formula is C28H27ClN4O4. The first-order chi connectivity index (χ1) is 18.0. The molecule has 8 nitrogen and oxygen atoms in total. The number of pyridine rings is 2. The SMILES string of the molecule is O=c1cc(Cn2c(=O)cc(N(Cc3ccc4c(c3)OCO4)C3CCNCC3)c3cc(Cl)ccc32)cc[nH]1. The van der Waals surface area contributed by atoms with Gasteiger partial charge in [0.1, 0.15) is 0 Å². The third kappa shape index (κ3) is 4.82. The average Bonchev–Trinajstić information content (AvgIpc) is 3.37. The molecule has 6 rings (SSSR count). The molecule has 2 aliphatic rings. The first-order valence-corrected chi connectivity index (χ1v) is 12.8. The van der Waals surface area contributed by atoms with Crippen LogP contribution in [0, 0.1) is 0 Å². The van der Waals surface area contributed by atoms with Crippen molar-refractivity contribution in [2.75, 3.05) is 24.8 Å². The molecule has 0 amide bonds. The van der Waals surface area contributed by atoms with Crippen LogP contribution in [0.2, 0.25) is 5.02 Å². The zero-order valence-corrected chi connectivity index (χ0v) is 21.0. The van der Waals surface area contributed by atoms with Crippen LogP contribution in [0.5, 0.6) is 11.5 Å². The zero-order chi connectivity index (χ0) is 25.4. The fraction of sp³-hybridized carbons (Fsp3) is 0.286. The number of aromatic amines is 1. The second-order valence-corrected chi connectivity index (χ2v) is 9.91. The van der Waals surface area contributed by atoms with Gasteiger partial charge in [0.15, 0.2) is 11.5 Å². The van der Waals surface area contributed by atoms with E-state index in [9.17, 15) is 9.59 Å². The summed E-state index contributed by atoms with van der Waals surface area (Å²) in [5.41, 5.74) is 3.13. The molecule has 1 fully saturated rings. The fourth-order valence-electron chi connectivity index (χ4n) is 5.28. The zero-order valence-electron chi connectivity index (χ0n) is 20.2. The molecule has 2 aromatic carbocycles. The van der Waals surface area contributed by atoms with Gasteiger partial charge in [-0.3, -0.25) is 9.59 Å². The summed E-state index contributed by atoms with van der Waals surface area (Å²) in [4.78, 5) is 30.4. The second-order valence-electron chi connectivity index (χ2n) is 9.47. The Bertz CT molecular complexity index is 1570. The van der Waals surface area contributed by atoms with Gasteiger partial charge in [0.05, 0.1) is 17.7 Å². The lowest BCUT2D eigenvalue weighted by molar-refractivity contribution is 0.174. The molecule has 4 aromatic rings. The summed E-state index contributed by atoms with van der Waals surface area (Å²) in [7, 11) is 0. The maximum absolute atomic E-state index is 13.6. The number of aromatic nitrogens is 2. The Kier molecular flexibility index (Phi) is 6.36. The molecular weight excluding hydrogens is 492 g/mol. The van der Waals surface area contributed by atoms with Crippen molar-refractivity contribution >= 4 is 28.2 Å². The van der Waals surface area contributed by atoms with Gasteiger partial charge in [-0.05, 0) is 73.5 Å². The molecule has 2 aromatic heterocycles. The number of halogens is 1. The molecule has 0 atom stereocenters. The van der Waals surface area contributed by atoms with Crippen molar-refractivity contribution in [3.05, 3.63) is 97.7 Å². The standard InChI is InChI=1S/C28H27ClN4O4/c29-20-2-3-23-22(13-20)24(14-28(35)33(23)16-19-5-10-31-27(34)12-19)32(21-6-8-30-9-7-21)15-18-1-4-25-26(11-18)37-17-36-25/h1-5,10-14,21,30H,6-9,15-17H2,(H,31,34). The van der Waals surface area contributed by atoms with Gasteiger partial charge in [0.25, 0.3) is 5.56 Å². The van der Waals surface area contributed by atoms with E-state index in [0.717, 1.165) is 65.1 Å². The minimum Gasteiger partial charge on any atom is -0.454 e. The summed E-state index contributed by atoms with van der Waals surface area (Å²) in [5.74, 6) is 1.49. The highest BCUT2D eigenvalue weighted by Gasteiger charge is 2.25. The molecule has 2 aliphatic heterocycles. The average molecular weight is 519 g/mol. The number of ether oxygens (including phenoxy) is 2. The summed E-state index contributed by atoms with van der Waals surface area (Å²) in [6.45, 7) is 2.96. The van der Waals surface area contributed by atoms with Crippen molar-refractivity contribution in [1.82, 2.24) is 14.9 Å². The molecule has 1 saturated heterocycles. The predicted molar refractivity (Wildman–Crippen MR) is 144 cm³/mol. The fourth-order valence-corrected chi connectivity index (χ4v) is 5.45. The van der Waals surface area contributed by atoms with Crippen LogP contribution in [0.4, 0.5) is 5.69 Å². The van der Waals surface area contributed by atoms with Crippen LogP contribution in [-0.4, -0.2) is 35.5 Å². The van der Waals surface area contributed by atoms with Crippen LogP contribution in [0.25, 0.3) is 10.9 Å². The molecule has 0 spiro atoms. The Hall–Kier alpha value is -3.75. The molecule has 9 heteroatoms. The topological polar surface area (TPSA) is 88.6 Å². The summed E-state index contributed by atoms with van der Waals surface area (Å²) in [6.07, 6.45) is 3.52. The maximum Gasteiger partial charge on any atom is 0.253 e. The number of hydrogen-bond acceptors (Lipinski definition) is 6. The van der Waals surface area contributed by atoms with E-state index >= 15 is 0 Å². The van der Waals surface area contributed by atoms with Crippen LogP contribution >= 0.6 is 11.6 Å². The Morgan fingerprint density at radius 3 is 2.62 bits per heavy atom. The molecule has 0 bridgehead atoms. The summed E-state index contributed by atoms with van der Waals surface area (Å²) in [6, 6.07) is 16.9. The van der Waals surface area contributed by atoms with Crippen molar-refractivity contribution in [3.8, 4) is 11.5 Å². The number of nitrogens with zero attached hydrogens (tertiary/aromatic N) is 2. The summed E-state index contributed by atoms with van der Waals surface area (Å²) in [5, 5.41) is 4.94. The van der Waals surface area contributed by atoms with Crippen LogP contribution in [0.3, 0.4) is 0 Å². The van der Waals surface area contributed by atoms with Crippen molar-refractivity contribution < 1.29 is 9.47 Å². The van der Waals surface area contributed by atoms with Gasteiger partial charge in [-0.15, -0.1) is 0 Å². The van der Waals surface area contributed by atoms with E-state index in [-0.39, 0.29) is 30.5 Å². The van der Waals surface area contributed by atoms with Gasteiger partial charge in [-0.1, -0.05) is 17.7 Å². The molecule has 0 unspecified atom stereocenters. The molecule has 0 aliphatic carbocycles. The van der Waals surface area contributed by atoms with Crippen molar-refractivity contribution in [3.63, 3.8) is 0 Å². The lowest BCUT2D eigenvalue weighted by atomic mass is 10.0. The molecule has 190 valence electrons. The number of hydrogen-bond donors (Lipinski definition) is 2. The molecule has 2 N–H and O–H groups in total. The van der Waals surface area contributed by atoms with E-state index in [4.69, 9.17) is 21.1 Å². The van der Waals surface area contributed by atoms with E-state index in [1.54, 1.807) is 22.9 Å². The van der Waals surface area contributed by atoms with Crippen LogP contribution in [0.15, 0.2) is 70.4 Å². The minimum atomic E-state index is -0.199. The molecule has 37 heavy (non-hydrogen) atoms. The largest absolute Gasteiger partial charge is 0.454 e. The highest BCUT2D eigenvalue weighted by atomic mass is 35.5. The van der Waals surface area contributed by atoms with E-state index in [1.807, 2.05) is 36.4 Å². The van der Waals surface area contributed by atoms with Gasteiger partial charge in [-0.2, -0.15) is 0 Å². The first kappa shape index (κ1) is 23.6. The number of rotatable bonds is 6. The normalized spacial score (nSPS) is 15.3. The predicted octanol–water partition coefficient (Wildman–Crippen LogP) is 3.88. The number of nitrogens with one attached hydrogen (secondary N) is 2. The van der Waals surface area contributed by atoms with E-state index < -0.39 is 0 Å². The van der Waals surface area contributed by atoms with Gasteiger partial charge >= 0.3 is 0 Å². The monoisotopic (exact) mass is 518 g/mol. The third-order valence-electron chi connectivity index (χ3n) is 7.08. The van der Waals surface area contributed by atoms with Crippen LogP contribution < -0.4 is 30.8 Å². The Morgan fingerprint density at radius 2 is 1.78 bits per heavy atom. The van der Waals surface area contributed by atoms with Gasteiger partial charge in [0, 0.05) is 41.3 Å². The van der Waals surface area contributed by atoms with E-state index in [2.05, 4.69) is 15.2 Å². The Labute approximate surface area is 218 Å². The van der Waals surface area contributed by atoms with Crippen LogP contribution in [-0.2, 0) is 13.1 Å². The van der Waals surface area contributed by atoms with Gasteiger partial charge < -0.3 is 29.2 Å². The number of piperidine rings is 1. The van der Waals surface area contributed by atoms with Gasteiger partial charge in [0.2, 0.25) is 12.4 Å². The number of benzene rings is 2. The van der Waals surface area contributed by atoms with E-state index in [0.29, 0.717) is 11.6 Å². The minimum absolute atomic E-state index is 0.130.